The highest BCUT2D eigenvalue weighted by Gasteiger charge is 2.16. The lowest BCUT2D eigenvalue weighted by molar-refractivity contribution is 0.0942. The largest absolute Gasteiger partial charge is 0.347 e. The number of fused-ring (bicyclic) bond motifs is 1. The Labute approximate surface area is 194 Å². The Kier molecular flexibility index (Phi) is 6.05. The molecule has 2 N–H and O–H groups in total. The third kappa shape index (κ3) is 4.98. The molecule has 4 rings (SSSR count). The molecule has 0 fully saturated rings. The molecule has 0 radical (unpaired) electrons. The van der Waals surface area contributed by atoms with Crippen molar-refractivity contribution in [2.75, 3.05) is 5.32 Å². The number of nitrogens with zero attached hydrogens (tertiary/aromatic N) is 1. The molecule has 1 aromatic heterocycles. The van der Waals surface area contributed by atoms with Gasteiger partial charge in [0.2, 0.25) is 0 Å². The lowest BCUT2D eigenvalue weighted by atomic mass is 9.87. The van der Waals surface area contributed by atoms with Gasteiger partial charge in [-0.05, 0) is 52.9 Å². The van der Waals surface area contributed by atoms with Crippen molar-refractivity contribution in [3.05, 3.63) is 101 Å². The molecule has 4 aromatic rings. The van der Waals surface area contributed by atoms with E-state index in [1.165, 1.54) is 5.56 Å². The second-order valence-corrected chi connectivity index (χ2v) is 9.31. The first-order valence-corrected chi connectivity index (χ1v) is 11.1. The van der Waals surface area contributed by atoms with E-state index in [9.17, 15) is 9.59 Å². The fraction of sp³-hybridized carbons (Fsp3) is 0.214. The maximum atomic E-state index is 12.8. The van der Waals surface area contributed by atoms with Crippen molar-refractivity contribution in [1.82, 2.24) is 9.88 Å². The monoisotopic (exact) mass is 439 g/mol. The average molecular weight is 440 g/mol. The maximum absolute atomic E-state index is 12.8. The summed E-state index contributed by atoms with van der Waals surface area (Å²) in [6.45, 7) is 6.91. The number of aryl methyl sites for hydroxylation is 1. The number of hydrogen-bond acceptors (Lipinski definition) is 2. The Morgan fingerprint density at radius 3 is 2.21 bits per heavy atom. The zero-order valence-electron chi connectivity index (χ0n) is 19.5. The molecule has 5 nitrogen and oxygen atoms in total. The maximum Gasteiger partial charge on any atom is 0.268 e. The Morgan fingerprint density at radius 1 is 0.848 bits per heavy atom. The standard InChI is InChI=1S/C28H29N3O2/c1-28(2,3)22-12-10-20(11-13-22)26(32)30-23-14-15-24-21(16-23)17-25(31(24)4)27(33)29-18-19-8-6-5-7-9-19/h5-17H,18H2,1-4H3,(H,29,33)(H,30,32). The molecule has 168 valence electrons. The van der Waals surface area contributed by atoms with Gasteiger partial charge < -0.3 is 15.2 Å². The lowest BCUT2D eigenvalue weighted by Gasteiger charge is -2.19. The molecule has 33 heavy (non-hydrogen) atoms. The quantitative estimate of drug-likeness (QED) is 0.422. The van der Waals surface area contributed by atoms with Crippen molar-refractivity contribution in [2.24, 2.45) is 7.05 Å². The first-order valence-electron chi connectivity index (χ1n) is 11.1. The van der Waals surface area contributed by atoms with Crippen molar-refractivity contribution in [2.45, 2.75) is 32.7 Å². The van der Waals surface area contributed by atoms with Gasteiger partial charge in [0.05, 0.1) is 0 Å². The lowest BCUT2D eigenvalue weighted by Crippen LogP contribution is -2.24. The highest BCUT2D eigenvalue weighted by Crippen LogP contribution is 2.25. The minimum atomic E-state index is -0.161. The molecule has 0 atom stereocenters. The molecule has 0 aliphatic heterocycles. The second kappa shape index (κ2) is 8.94. The van der Waals surface area contributed by atoms with Crippen LogP contribution in [0.1, 0.15) is 52.7 Å². The molecule has 1 heterocycles. The van der Waals surface area contributed by atoms with Crippen molar-refractivity contribution in [3.8, 4) is 0 Å². The molecule has 0 saturated carbocycles. The van der Waals surface area contributed by atoms with Crippen LogP contribution in [-0.4, -0.2) is 16.4 Å². The van der Waals surface area contributed by atoms with Gasteiger partial charge in [-0.15, -0.1) is 0 Å². The highest BCUT2D eigenvalue weighted by molar-refractivity contribution is 6.06. The number of benzene rings is 3. The van der Waals surface area contributed by atoms with Gasteiger partial charge in [0, 0.05) is 35.7 Å². The first-order chi connectivity index (χ1) is 15.7. The third-order valence-corrected chi connectivity index (χ3v) is 5.84. The van der Waals surface area contributed by atoms with Crippen LogP contribution in [0.25, 0.3) is 10.9 Å². The van der Waals surface area contributed by atoms with Gasteiger partial charge in [0.15, 0.2) is 0 Å². The second-order valence-electron chi connectivity index (χ2n) is 9.31. The number of anilines is 1. The summed E-state index contributed by atoms with van der Waals surface area (Å²) >= 11 is 0. The third-order valence-electron chi connectivity index (χ3n) is 5.84. The van der Waals surface area contributed by atoms with Crippen molar-refractivity contribution < 1.29 is 9.59 Å². The predicted octanol–water partition coefficient (Wildman–Crippen LogP) is 5.66. The summed E-state index contributed by atoms with van der Waals surface area (Å²) in [6.07, 6.45) is 0. The summed E-state index contributed by atoms with van der Waals surface area (Å²) in [5, 5.41) is 6.83. The van der Waals surface area contributed by atoms with Crippen LogP contribution >= 0.6 is 0 Å². The van der Waals surface area contributed by atoms with Gasteiger partial charge in [0.1, 0.15) is 5.69 Å². The van der Waals surface area contributed by atoms with Crippen LogP contribution in [0.3, 0.4) is 0 Å². The summed E-state index contributed by atoms with van der Waals surface area (Å²) in [5.74, 6) is -0.298. The van der Waals surface area contributed by atoms with Crippen molar-refractivity contribution >= 4 is 28.4 Å². The van der Waals surface area contributed by atoms with E-state index in [2.05, 4.69) is 31.4 Å². The van der Waals surface area contributed by atoms with Crippen LogP contribution in [0.15, 0.2) is 78.9 Å². The van der Waals surface area contributed by atoms with E-state index in [0.29, 0.717) is 23.5 Å². The normalized spacial score (nSPS) is 11.4. The molecule has 0 aliphatic carbocycles. The van der Waals surface area contributed by atoms with E-state index < -0.39 is 0 Å². The summed E-state index contributed by atoms with van der Waals surface area (Å²) in [5.41, 5.74) is 5.06. The zero-order chi connectivity index (χ0) is 23.6. The molecular formula is C28H29N3O2. The van der Waals surface area contributed by atoms with Crippen molar-refractivity contribution in [1.29, 1.82) is 0 Å². The molecule has 5 heteroatoms. The Balaban J connectivity index is 1.49. The topological polar surface area (TPSA) is 63.1 Å². The fourth-order valence-electron chi connectivity index (χ4n) is 3.84. The van der Waals surface area contributed by atoms with E-state index in [4.69, 9.17) is 0 Å². The van der Waals surface area contributed by atoms with Gasteiger partial charge in [0.25, 0.3) is 11.8 Å². The molecule has 0 bridgehead atoms. The van der Waals surface area contributed by atoms with Gasteiger partial charge in [-0.1, -0.05) is 63.2 Å². The molecule has 0 unspecified atom stereocenters. The van der Waals surface area contributed by atoms with Gasteiger partial charge in [-0.2, -0.15) is 0 Å². The summed E-state index contributed by atoms with van der Waals surface area (Å²) in [4.78, 5) is 25.5. The minimum Gasteiger partial charge on any atom is -0.347 e. The Morgan fingerprint density at radius 2 is 1.55 bits per heavy atom. The Bertz CT molecular complexity index is 1300. The number of carbonyl (C=O) groups excluding carboxylic acids is 2. The minimum absolute atomic E-state index is 0.0401. The zero-order valence-corrected chi connectivity index (χ0v) is 19.5. The number of nitrogens with one attached hydrogen (secondary N) is 2. The number of hydrogen-bond donors (Lipinski definition) is 2. The van der Waals surface area contributed by atoms with Crippen molar-refractivity contribution in [3.63, 3.8) is 0 Å². The average Bonchev–Trinajstić information content (AvgIpc) is 3.13. The van der Waals surface area contributed by atoms with E-state index in [-0.39, 0.29) is 17.2 Å². The van der Waals surface area contributed by atoms with E-state index >= 15 is 0 Å². The van der Waals surface area contributed by atoms with E-state index in [0.717, 1.165) is 16.5 Å². The predicted molar refractivity (Wildman–Crippen MR) is 134 cm³/mol. The van der Waals surface area contributed by atoms with Gasteiger partial charge >= 0.3 is 0 Å². The van der Waals surface area contributed by atoms with Crippen LogP contribution in [0.4, 0.5) is 5.69 Å². The molecule has 2 amide bonds. The summed E-state index contributed by atoms with van der Waals surface area (Å²) < 4.78 is 1.87. The van der Waals surface area contributed by atoms with Crippen LogP contribution in [-0.2, 0) is 19.0 Å². The molecule has 3 aromatic carbocycles. The summed E-state index contributed by atoms with van der Waals surface area (Å²) in [6, 6.07) is 25.0. The van der Waals surface area contributed by atoms with E-state index in [1.807, 2.05) is 90.5 Å². The van der Waals surface area contributed by atoms with Gasteiger partial charge in [-0.25, -0.2) is 0 Å². The van der Waals surface area contributed by atoms with Crippen LogP contribution in [0, 0.1) is 0 Å². The number of aromatic nitrogens is 1. The smallest absolute Gasteiger partial charge is 0.268 e. The number of amides is 2. The van der Waals surface area contributed by atoms with E-state index in [1.54, 1.807) is 0 Å². The highest BCUT2D eigenvalue weighted by atomic mass is 16.2. The van der Waals surface area contributed by atoms with Crippen LogP contribution < -0.4 is 10.6 Å². The molecule has 0 aliphatic rings. The first kappa shape index (κ1) is 22.3. The number of rotatable bonds is 5. The Hall–Kier alpha value is -3.86. The molecular weight excluding hydrogens is 410 g/mol. The number of carbonyl (C=O) groups is 2. The fourth-order valence-corrected chi connectivity index (χ4v) is 3.84. The SMILES string of the molecule is Cn1c(C(=O)NCc2ccccc2)cc2cc(NC(=O)c3ccc(C(C)(C)C)cc3)ccc21. The molecule has 0 spiro atoms. The summed E-state index contributed by atoms with van der Waals surface area (Å²) in [7, 11) is 1.87. The molecule has 0 saturated heterocycles. The van der Waals surface area contributed by atoms with Crippen LogP contribution in [0.5, 0.6) is 0 Å². The van der Waals surface area contributed by atoms with Crippen LogP contribution in [0.2, 0.25) is 0 Å². The van der Waals surface area contributed by atoms with Gasteiger partial charge in [-0.3, -0.25) is 9.59 Å².